The molecule has 2 aromatic heterocycles. The first-order valence-electron chi connectivity index (χ1n) is 8.87. The van der Waals surface area contributed by atoms with Gasteiger partial charge in [-0.1, -0.05) is 30.3 Å². The number of amides is 1. The number of methoxy groups -OCH3 is 1. The minimum Gasteiger partial charge on any atom is -0.382 e. The Kier molecular flexibility index (Phi) is 5.07. The van der Waals surface area contributed by atoms with Crippen molar-refractivity contribution in [1.29, 1.82) is 0 Å². The van der Waals surface area contributed by atoms with Gasteiger partial charge in [-0.15, -0.1) is 0 Å². The number of fused-ring (bicyclic) bond motifs is 1. The molecule has 7 heteroatoms. The van der Waals surface area contributed by atoms with Crippen LogP contribution in [0.25, 0.3) is 17.1 Å². The SMILES string of the molecule is COCC(NC1=N/C(=C\c2ccc3ncccc3n2)C(=O)N1)c1ccccc1. The average molecular weight is 373 g/mol. The van der Waals surface area contributed by atoms with Gasteiger partial charge >= 0.3 is 0 Å². The van der Waals surface area contributed by atoms with Gasteiger partial charge in [-0.2, -0.15) is 0 Å². The van der Waals surface area contributed by atoms with Gasteiger partial charge in [-0.05, 0) is 35.9 Å². The van der Waals surface area contributed by atoms with Gasteiger partial charge in [0.15, 0.2) is 0 Å². The lowest BCUT2D eigenvalue weighted by atomic mass is 10.1. The smallest absolute Gasteiger partial charge is 0.276 e. The minimum absolute atomic E-state index is 0.130. The van der Waals surface area contributed by atoms with Crippen molar-refractivity contribution in [2.24, 2.45) is 4.99 Å². The molecular formula is C21H19N5O2. The number of hydrogen-bond donors (Lipinski definition) is 2. The van der Waals surface area contributed by atoms with E-state index in [1.807, 2.05) is 54.6 Å². The molecule has 1 aliphatic heterocycles. The van der Waals surface area contributed by atoms with E-state index in [-0.39, 0.29) is 11.9 Å². The molecule has 0 radical (unpaired) electrons. The molecule has 1 unspecified atom stereocenters. The van der Waals surface area contributed by atoms with Crippen LogP contribution in [0, 0.1) is 0 Å². The second-order valence-corrected chi connectivity index (χ2v) is 6.28. The van der Waals surface area contributed by atoms with Crippen LogP contribution in [0.5, 0.6) is 0 Å². The van der Waals surface area contributed by atoms with E-state index in [4.69, 9.17) is 4.74 Å². The van der Waals surface area contributed by atoms with Crippen LogP contribution in [0.2, 0.25) is 0 Å². The Morgan fingerprint density at radius 1 is 1.11 bits per heavy atom. The monoisotopic (exact) mass is 373 g/mol. The van der Waals surface area contributed by atoms with E-state index in [2.05, 4.69) is 25.6 Å². The maximum absolute atomic E-state index is 12.3. The summed E-state index contributed by atoms with van der Waals surface area (Å²) in [6.45, 7) is 0.442. The van der Waals surface area contributed by atoms with Crippen molar-refractivity contribution in [3.63, 3.8) is 0 Å². The molecule has 0 saturated heterocycles. The Balaban J connectivity index is 1.57. The van der Waals surface area contributed by atoms with Crippen molar-refractivity contribution >= 4 is 29.0 Å². The van der Waals surface area contributed by atoms with E-state index < -0.39 is 0 Å². The number of hydrogen-bond acceptors (Lipinski definition) is 6. The highest BCUT2D eigenvalue weighted by Gasteiger charge is 2.23. The van der Waals surface area contributed by atoms with Crippen LogP contribution in [0.1, 0.15) is 17.3 Å². The highest BCUT2D eigenvalue weighted by atomic mass is 16.5. The van der Waals surface area contributed by atoms with Gasteiger partial charge in [0, 0.05) is 13.3 Å². The molecular weight excluding hydrogens is 354 g/mol. The predicted octanol–water partition coefficient (Wildman–Crippen LogP) is 2.43. The fourth-order valence-corrected chi connectivity index (χ4v) is 2.97. The van der Waals surface area contributed by atoms with Crippen molar-refractivity contribution in [3.05, 3.63) is 77.7 Å². The molecule has 0 spiro atoms. The highest BCUT2D eigenvalue weighted by molar-refractivity contribution is 6.13. The number of rotatable bonds is 5. The number of ether oxygens (including phenoxy) is 1. The molecule has 4 rings (SSSR count). The Morgan fingerprint density at radius 2 is 1.96 bits per heavy atom. The summed E-state index contributed by atoms with van der Waals surface area (Å²) < 4.78 is 5.30. The van der Waals surface area contributed by atoms with Crippen LogP contribution < -0.4 is 10.6 Å². The molecule has 0 bridgehead atoms. The number of benzene rings is 1. The largest absolute Gasteiger partial charge is 0.382 e. The Morgan fingerprint density at radius 3 is 2.79 bits per heavy atom. The summed E-state index contributed by atoms with van der Waals surface area (Å²) in [5, 5.41) is 5.99. The second kappa shape index (κ2) is 7.98. The Hall–Kier alpha value is -3.58. The van der Waals surface area contributed by atoms with Crippen molar-refractivity contribution < 1.29 is 9.53 Å². The molecule has 0 saturated carbocycles. The number of carbonyl (C=O) groups excluding carboxylic acids is 1. The summed E-state index contributed by atoms with van der Waals surface area (Å²) in [5.41, 5.74) is 3.55. The number of guanidine groups is 1. The maximum atomic E-state index is 12.3. The third-order valence-corrected chi connectivity index (χ3v) is 4.31. The van der Waals surface area contributed by atoms with Gasteiger partial charge in [-0.25, -0.2) is 9.98 Å². The van der Waals surface area contributed by atoms with Gasteiger partial charge in [-0.3, -0.25) is 15.1 Å². The number of pyridine rings is 2. The van der Waals surface area contributed by atoms with Crippen LogP contribution in [0.15, 0.2) is 71.5 Å². The van der Waals surface area contributed by atoms with Crippen LogP contribution in [-0.4, -0.2) is 35.6 Å². The van der Waals surface area contributed by atoms with E-state index >= 15 is 0 Å². The number of carbonyl (C=O) groups is 1. The molecule has 0 fully saturated rings. The molecule has 2 N–H and O–H groups in total. The molecule has 28 heavy (non-hydrogen) atoms. The summed E-state index contributed by atoms with van der Waals surface area (Å²) in [6.07, 6.45) is 3.38. The molecule has 1 amide bonds. The van der Waals surface area contributed by atoms with E-state index in [9.17, 15) is 4.79 Å². The van der Waals surface area contributed by atoms with Crippen molar-refractivity contribution in [3.8, 4) is 0 Å². The van der Waals surface area contributed by atoms with E-state index in [1.165, 1.54) is 0 Å². The number of nitrogens with zero attached hydrogens (tertiary/aromatic N) is 3. The van der Waals surface area contributed by atoms with Crippen LogP contribution in [0.4, 0.5) is 0 Å². The second-order valence-electron chi connectivity index (χ2n) is 6.28. The molecule has 1 aromatic carbocycles. The fraction of sp³-hybridized carbons (Fsp3) is 0.143. The molecule has 7 nitrogen and oxygen atoms in total. The zero-order valence-corrected chi connectivity index (χ0v) is 15.3. The first kappa shape index (κ1) is 17.8. The molecule has 3 aromatic rings. The van der Waals surface area contributed by atoms with E-state index in [1.54, 1.807) is 19.4 Å². The molecule has 3 heterocycles. The minimum atomic E-state index is -0.278. The lowest BCUT2D eigenvalue weighted by molar-refractivity contribution is -0.115. The third-order valence-electron chi connectivity index (χ3n) is 4.31. The zero-order chi connectivity index (χ0) is 19.3. The summed E-state index contributed by atoms with van der Waals surface area (Å²) in [4.78, 5) is 25.5. The van der Waals surface area contributed by atoms with Crippen LogP contribution in [-0.2, 0) is 9.53 Å². The Bertz CT molecular complexity index is 1060. The van der Waals surface area contributed by atoms with Crippen LogP contribution in [0.3, 0.4) is 0 Å². The first-order chi connectivity index (χ1) is 13.7. The van der Waals surface area contributed by atoms with E-state index in [0.29, 0.717) is 24.0 Å². The quantitative estimate of drug-likeness (QED) is 0.671. The van der Waals surface area contributed by atoms with Gasteiger partial charge in [0.2, 0.25) is 5.96 Å². The number of aromatic nitrogens is 2. The van der Waals surface area contributed by atoms with Crippen molar-refractivity contribution in [2.75, 3.05) is 13.7 Å². The van der Waals surface area contributed by atoms with Gasteiger partial charge in [0.1, 0.15) is 5.70 Å². The lowest BCUT2D eigenvalue weighted by Gasteiger charge is -2.18. The number of nitrogens with one attached hydrogen (secondary N) is 2. The van der Waals surface area contributed by atoms with Crippen LogP contribution >= 0.6 is 0 Å². The Labute approximate surface area is 162 Å². The third kappa shape index (κ3) is 3.89. The topological polar surface area (TPSA) is 88.5 Å². The highest BCUT2D eigenvalue weighted by Crippen LogP contribution is 2.16. The molecule has 1 aliphatic rings. The van der Waals surface area contributed by atoms with Gasteiger partial charge < -0.3 is 10.1 Å². The zero-order valence-electron chi connectivity index (χ0n) is 15.3. The summed E-state index contributed by atoms with van der Waals surface area (Å²) >= 11 is 0. The van der Waals surface area contributed by atoms with Crippen molar-refractivity contribution in [2.45, 2.75) is 6.04 Å². The summed E-state index contributed by atoms with van der Waals surface area (Å²) in [7, 11) is 1.64. The predicted molar refractivity (Wildman–Crippen MR) is 107 cm³/mol. The summed E-state index contributed by atoms with van der Waals surface area (Å²) in [6, 6.07) is 17.1. The lowest BCUT2D eigenvalue weighted by Crippen LogP contribution is -2.39. The number of aliphatic imine (C=N–C) groups is 1. The normalized spacial score (nSPS) is 16.1. The van der Waals surface area contributed by atoms with Crippen molar-refractivity contribution in [1.82, 2.24) is 20.6 Å². The van der Waals surface area contributed by atoms with Gasteiger partial charge in [0.25, 0.3) is 5.91 Å². The van der Waals surface area contributed by atoms with Gasteiger partial charge in [0.05, 0.1) is 29.4 Å². The standard InChI is InChI=1S/C21H19N5O2/c1-28-13-19(14-6-3-2-4-7-14)25-21-24-18(20(27)26-21)12-15-9-10-16-17(23-15)8-5-11-22-16/h2-12,19H,13H2,1H3,(H2,24,25,26,27)/b18-12-. The fourth-order valence-electron chi connectivity index (χ4n) is 2.97. The molecule has 1 atom stereocenters. The molecule has 140 valence electrons. The summed E-state index contributed by atoms with van der Waals surface area (Å²) in [5.74, 6) is 0.115. The maximum Gasteiger partial charge on any atom is 0.276 e. The van der Waals surface area contributed by atoms with E-state index in [0.717, 1.165) is 16.6 Å². The first-order valence-corrected chi connectivity index (χ1v) is 8.87. The average Bonchev–Trinajstić information content (AvgIpc) is 3.07. The molecule has 0 aliphatic carbocycles.